The van der Waals surface area contributed by atoms with Crippen LogP contribution in [-0.4, -0.2) is 41.0 Å². The van der Waals surface area contributed by atoms with Crippen LogP contribution in [-0.2, 0) is 4.74 Å². The molecule has 1 aliphatic heterocycles. The second kappa shape index (κ2) is 5.55. The van der Waals surface area contributed by atoms with Gasteiger partial charge in [0.25, 0.3) is 0 Å². The summed E-state index contributed by atoms with van der Waals surface area (Å²) in [5.74, 6) is 0.621. The predicted octanol–water partition coefficient (Wildman–Crippen LogP) is 3.22. The van der Waals surface area contributed by atoms with E-state index in [0.29, 0.717) is 12.3 Å². The molecular weight excluding hydrogens is 283 g/mol. The van der Waals surface area contributed by atoms with Crippen LogP contribution in [0.5, 0.6) is 0 Å². The monoisotopic (exact) mass is 305 g/mol. The molecule has 0 spiro atoms. The predicted molar refractivity (Wildman–Crippen MR) is 73.4 cm³/mol. The number of allylic oxidation sites excluding steroid dienone is 1. The van der Waals surface area contributed by atoms with Gasteiger partial charge in [0.2, 0.25) is 0 Å². The molecule has 1 heterocycles. The first-order valence-electron chi connectivity index (χ1n) is 7.17. The molecule has 0 bridgehead atoms. The van der Waals surface area contributed by atoms with Gasteiger partial charge >= 0.3 is 6.18 Å². The maximum absolute atomic E-state index is 12.3. The Balaban J connectivity index is 2.11. The lowest BCUT2D eigenvalue weighted by molar-refractivity contribution is -0.164. The van der Waals surface area contributed by atoms with Crippen LogP contribution in [0.2, 0.25) is 0 Å². The van der Waals surface area contributed by atoms with Crippen molar-refractivity contribution < 1.29 is 23.0 Å². The summed E-state index contributed by atoms with van der Waals surface area (Å²) in [5.41, 5.74) is -0.0426. The molecule has 1 atom stereocenters. The number of ether oxygens (including phenoxy) is 1. The van der Waals surface area contributed by atoms with Gasteiger partial charge in [0, 0.05) is 24.4 Å². The minimum Gasteiger partial charge on any atom is -0.484 e. The van der Waals surface area contributed by atoms with Gasteiger partial charge in [-0.2, -0.15) is 13.2 Å². The van der Waals surface area contributed by atoms with E-state index in [-0.39, 0.29) is 12.0 Å². The van der Waals surface area contributed by atoms with Crippen LogP contribution in [0, 0.1) is 5.92 Å². The molecule has 2 rings (SSSR count). The average Bonchev–Trinajstić information content (AvgIpc) is 3.10. The Morgan fingerprint density at radius 2 is 1.95 bits per heavy atom. The van der Waals surface area contributed by atoms with Crippen LogP contribution in [0.3, 0.4) is 0 Å². The second-order valence-corrected chi connectivity index (χ2v) is 6.52. The minimum absolute atomic E-state index is 0.109. The number of hydrogen-bond acceptors (Lipinski definition) is 3. The van der Waals surface area contributed by atoms with Crippen LogP contribution in [0.4, 0.5) is 13.2 Å². The van der Waals surface area contributed by atoms with Crippen molar-refractivity contribution in [1.82, 2.24) is 4.90 Å². The van der Waals surface area contributed by atoms with E-state index in [2.05, 4.69) is 0 Å². The number of β-amino-alcohol motifs (C(OH)–C–C–N with tert-alkyl or cyclic N) is 1. The molecular formula is C15H22F3NO2. The van der Waals surface area contributed by atoms with E-state index in [1.54, 1.807) is 19.9 Å². The summed E-state index contributed by atoms with van der Waals surface area (Å²) in [5, 5.41) is 9.93. The van der Waals surface area contributed by atoms with E-state index in [1.807, 2.05) is 18.0 Å². The van der Waals surface area contributed by atoms with E-state index in [4.69, 9.17) is 4.74 Å². The fourth-order valence-electron chi connectivity index (χ4n) is 2.40. The topological polar surface area (TPSA) is 32.7 Å². The summed E-state index contributed by atoms with van der Waals surface area (Å²) in [6.07, 6.45) is 1.19. The van der Waals surface area contributed by atoms with Gasteiger partial charge in [0.05, 0.1) is 5.60 Å². The van der Waals surface area contributed by atoms with Crippen molar-refractivity contribution >= 4 is 0 Å². The number of aliphatic hydroxyl groups is 1. The molecule has 3 nitrogen and oxygen atoms in total. The standard InChI is InChI=1S/C15H22F3NO2/c1-10-6-13(21-9-15(16,17)18)12(11-4-5-11)7-19(10)8-14(2,3)20/h6-7,10-11,20H,4-5,8-9H2,1-3H3. The lowest BCUT2D eigenvalue weighted by Crippen LogP contribution is -2.41. The summed E-state index contributed by atoms with van der Waals surface area (Å²) >= 11 is 0. The largest absolute Gasteiger partial charge is 0.484 e. The summed E-state index contributed by atoms with van der Waals surface area (Å²) in [6.45, 7) is 4.46. The third-order valence-electron chi connectivity index (χ3n) is 3.48. The van der Waals surface area contributed by atoms with Gasteiger partial charge in [-0.15, -0.1) is 0 Å². The van der Waals surface area contributed by atoms with Crippen LogP contribution >= 0.6 is 0 Å². The Bertz CT molecular complexity index is 445. The lowest BCUT2D eigenvalue weighted by atomic mass is 10.0. The molecule has 1 aliphatic carbocycles. The third-order valence-corrected chi connectivity index (χ3v) is 3.48. The Hall–Kier alpha value is -1.17. The Morgan fingerprint density at radius 1 is 1.33 bits per heavy atom. The zero-order valence-electron chi connectivity index (χ0n) is 12.6. The third kappa shape index (κ3) is 4.95. The molecule has 0 aromatic carbocycles. The van der Waals surface area contributed by atoms with E-state index < -0.39 is 18.4 Å². The number of hydrogen-bond donors (Lipinski definition) is 1. The molecule has 2 aliphatic rings. The normalized spacial score (nSPS) is 23.8. The van der Waals surface area contributed by atoms with Crippen molar-refractivity contribution in [2.75, 3.05) is 13.2 Å². The maximum Gasteiger partial charge on any atom is 0.422 e. The zero-order chi connectivity index (χ0) is 15.8. The molecule has 1 unspecified atom stereocenters. The maximum atomic E-state index is 12.3. The number of alkyl halides is 3. The van der Waals surface area contributed by atoms with Gasteiger partial charge in [-0.3, -0.25) is 0 Å². The summed E-state index contributed by atoms with van der Waals surface area (Å²) < 4.78 is 42.0. The van der Waals surface area contributed by atoms with Crippen molar-refractivity contribution in [3.63, 3.8) is 0 Å². The van der Waals surface area contributed by atoms with Crippen molar-refractivity contribution in [1.29, 1.82) is 0 Å². The van der Waals surface area contributed by atoms with Crippen molar-refractivity contribution in [3.8, 4) is 0 Å². The number of rotatable bonds is 5. The molecule has 1 fully saturated rings. The number of nitrogens with zero attached hydrogens (tertiary/aromatic N) is 1. The minimum atomic E-state index is -4.33. The van der Waals surface area contributed by atoms with Crippen molar-refractivity contribution in [2.45, 2.75) is 51.4 Å². The Labute approximate surface area is 123 Å². The van der Waals surface area contributed by atoms with Crippen molar-refractivity contribution in [3.05, 3.63) is 23.6 Å². The lowest BCUT2D eigenvalue weighted by Gasteiger charge is -2.36. The Kier molecular flexibility index (Phi) is 4.29. The van der Waals surface area contributed by atoms with E-state index in [9.17, 15) is 18.3 Å². The summed E-state index contributed by atoms with van der Waals surface area (Å²) in [7, 11) is 0. The SMILES string of the molecule is CC1C=C(OCC(F)(F)F)C(C2CC2)=CN1CC(C)(C)O. The molecule has 1 N–H and O–H groups in total. The van der Waals surface area contributed by atoms with E-state index in [0.717, 1.165) is 18.4 Å². The molecule has 6 heteroatoms. The molecule has 0 amide bonds. The zero-order valence-corrected chi connectivity index (χ0v) is 12.6. The molecule has 120 valence electrons. The van der Waals surface area contributed by atoms with Crippen LogP contribution in [0.25, 0.3) is 0 Å². The molecule has 0 aromatic heterocycles. The molecule has 0 saturated heterocycles. The van der Waals surface area contributed by atoms with Crippen LogP contribution in [0.15, 0.2) is 23.6 Å². The second-order valence-electron chi connectivity index (χ2n) is 6.52. The van der Waals surface area contributed by atoms with Gasteiger partial charge in [-0.05, 0) is 45.6 Å². The summed E-state index contributed by atoms with van der Waals surface area (Å²) in [4.78, 5) is 1.95. The van der Waals surface area contributed by atoms with Crippen LogP contribution < -0.4 is 0 Å². The van der Waals surface area contributed by atoms with Gasteiger partial charge in [-0.25, -0.2) is 0 Å². The Morgan fingerprint density at radius 3 is 2.43 bits per heavy atom. The fourth-order valence-corrected chi connectivity index (χ4v) is 2.40. The van der Waals surface area contributed by atoms with E-state index in [1.165, 1.54) is 0 Å². The first-order valence-corrected chi connectivity index (χ1v) is 7.17. The smallest absolute Gasteiger partial charge is 0.422 e. The summed E-state index contributed by atoms with van der Waals surface area (Å²) in [6, 6.07) is -0.109. The first kappa shape index (κ1) is 16.2. The van der Waals surface area contributed by atoms with Crippen LogP contribution in [0.1, 0.15) is 33.6 Å². The molecule has 21 heavy (non-hydrogen) atoms. The highest BCUT2D eigenvalue weighted by Crippen LogP contribution is 2.42. The van der Waals surface area contributed by atoms with Gasteiger partial charge < -0.3 is 14.7 Å². The quantitative estimate of drug-likeness (QED) is 0.846. The highest BCUT2D eigenvalue weighted by molar-refractivity contribution is 5.35. The number of halogens is 3. The molecule has 1 saturated carbocycles. The van der Waals surface area contributed by atoms with Gasteiger partial charge in [0.1, 0.15) is 5.76 Å². The fraction of sp³-hybridized carbons (Fsp3) is 0.733. The van der Waals surface area contributed by atoms with Gasteiger partial charge in [-0.1, -0.05) is 0 Å². The van der Waals surface area contributed by atoms with E-state index >= 15 is 0 Å². The molecule has 0 aromatic rings. The first-order chi connectivity index (χ1) is 9.55. The highest BCUT2D eigenvalue weighted by Gasteiger charge is 2.36. The van der Waals surface area contributed by atoms with Gasteiger partial charge in [0.15, 0.2) is 6.61 Å². The molecule has 0 radical (unpaired) electrons. The average molecular weight is 305 g/mol. The highest BCUT2D eigenvalue weighted by atomic mass is 19.4. The van der Waals surface area contributed by atoms with Crippen molar-refractivity contribution in [2.24, 2.45) is 5.92 Å².